The number of piperidine rings is 1. The Balaban J connectivity index is 1.42. The molecule has 0 unspecified atom stereocenters. The van der Waals surface area contributed by atoms with Crippen LogP contribution in [0.1, 0.15) is 18.4 Å². The molecule has 7 nitrogen and oxygen atoms in total. The molecule has 3 rings (SSSR count). The molecule has 2 aromatic rings. The summed E-state index contributed by atoms with van der Waals surface area (Å²) in [5.41, 5.74) is 6.14. The standard InChI is InChI=1S/C21H26N4O3/c22-19(26)14-25-10-8-17(9-11-25)24-21(28)13-23-20(27)12-16-6-3-5-15-4-1-2-7-18(15)16/h1-7,17H,8-14H2,(H2,22,26)(H,23,27)(H,24,28). The smallest absolute Gasteiger partial charge is 0.239 e. The molecule has 2 aromatic carbocycles. The van der Waals surface area contributed by atoms with Gasteiger partial charge >= 0.3 is 0 Å². The van der Waals surface area contributed by atoms with Gasteiger partial charge in [-0.3, -0.25) is 19.3 Å². The van der Waals surface area contributed by atoms with Crippen molar-refractivity contribution in [3.63, 3.8) is 0 Å². The molecule has 7 heteroatoms. The molecule has 0 aliphatic carbocycles. The van der Waals surface area contributed by atoms with Crippen LogP contribution in [-0.4, -0.2) is 54.8 Å². The molecule has 1 heterocycles. The molecule has 0 aromatic heterocycles. The van der Waals surface area contributed by atoms with Crippen molar-refractivity contribution in [2.75, 3.05) is 26.2 Å². The number of amides is 3. The van der Waals surface area contributed by atoms with Gasteiger partial charge in [-0.25, -0.2) is 0 Å². The zero-order valence-corrected chi connectivity index (χ0v) is 15.8. The van der Waals surface area contributed by atoms with E-state index in [0.717, 1.165) is 42.3 Å². The highest BCUT2D eigenvalue weighted by Crippen LogP contribution is 2.18. The van der Waals surface area contributed by atoms with Gasteiger partial charge in [-0.1, -0.05) is 42.5 Å². The molecule has 0 saturated carbocycles. The van der Waals surface area contributed by atoms with Gasteiger partial charge in [0.2, 0.25) is 17.7 Å². The number of fused-ring (bicyclic) bond motifs is 1. The number of benzene rings is 2. The Kier molecular flexibility index (Phi) is 6.60. The van der Waals surface area contributed by atoms with Crippen LogP contribution >= 0.6 is 0 Å². The summed E-state index contributed by atoms with van der Waals surface area (Å²) >= 11 is 0. The molecule has 4 N–H and O–H groups in total. The minimum atomic E-state index is -0.337. The Bertz CT molecular complexity index is 854. The van der Waals surface area contributed by atoms with Crippen molar-refractivity contribution in [3.05, 3.63) is 48.0 Å². The van der Waals surface area contributed by atoms with E-state index < -0.39 is 0 Å². The first kappa shape index (κ1) is 19.8. The van der Waals surface area contributed by atoms with Gasteiger partial charge in [0.05, 0.1) is 19.5 Å². The minimum absolute atomic E-state index is 0.0366. The number of likely N-dealkylation sites (tertiary alicyclic amines) is 1. The van der Waals surface area contributed by atoms with Gasteiger partial charge in [0.15, 0.2) is 0 Å². The van der Waals surface area contributed by atoms with E-state index in [0.29, 0.717) is 0 Å². The fourth-order valence-electron chi connectivity index (χ4n) is 3.60. The molecule has 1 aliphatic heterocycles. The molecule has 1 saturated heterocycles. The zero-order valence-electron chi connectivity index (χ0n) is 15.8. The SMILES string of the molecule is NC(=O)CN1CCC(NC(=O)CNC(=O)Cc2cccc3ccccc23)CC1. The second kappa shape index (κ2) is 9.32. The van der Waals surface area contributed by atoms with Crippen LogP contribution in [0.15, 0.2) is 42.5 Å². The van der Waals surface area contributed by atoms with Crippen molar-refractivity contribution >= 4 is 28.5 Å². The van der Waals surface area contributed by atoms with Crippen molar-refractivity contribution in [2.24, 2.45) is 5.73 Å². The van der Waals surface area contributed by atoms with Crippen LogP contribution in [0, 0.1) is 0 Å². The fourth-order valence-corrected chi connectivity index (χ4v) is 3.60. The van der Waals surface area contributed by atoms with Gasteiger partial charge in [-0.05, 0) is 29.2 Å². The Hall–Kier alpha value is -2.93. The third-order valence-electron chi connectivity index (χ3n) is 5.01. The normalized spacial score (nSPS) is 15.3. The number of nitrogens with one attached hydrogen (secondary N) is 2. The molecular formula is C21H26N4O3. The Morgan fingerprint density at radius 1 is 1.00 bits per heavy atom. The molecule has 3 amide bonds. The third kappa shape index (κ3) is 5.53. The van der Waals surface area contributed by atoms with Crippen LogP contribution in [0.25, 0.3) is 10.8 Å². The number of nitrogens with zero attached hydrogens (tertiary/aromatic N) is 1. The zero-order chi connectivity index (χ0) is 19.9. The lowest BCUT2D eigenvalue weighted by Crippen LogP contribution is -2.48. The lowest BCUT2D eigenvalue weighted by Gasteiger charge is -2.31. The summed E-state index contributed by atoms with van der Waals surface area (Å²) in [4.78, 5) is 37.3. The molecule has 0 spiro atoms. The maximum absolute atomic E-state index is 12.3. The van der Waals surface area contributed by atoms with Crippen LogP contribution in [0.5, 0.6) is 0 Å². The topological polar surface area (TPSA) is 105 Å². The van der Waals surface area contributed by atoms with Gasteiger partial charge in [0, 0.05) is 19.1 Å². The van der Waals surface area contributed by atoms with Crippen LogP contribution in [0.3, 0.4) is 0 Å². The number of nitrogens with two attached hydrogens (primary N) is 1. The fraction of sp³-hybridized carbons (Fsp3) is 0.381. The average molecular weight is 382 g/mol. The van der Waals surface area contributed by atoms with E-state index in [2.05, 4.69) is 10.6 Å². The molecule has 0 radical (unpaired) electrons. The molecule has 1 aliphatic rings. The van der Waals surface area contributed by atoms with Gasteiger partial charge in [0.1, 0.15) is 0 Å². The van der Waals surface area contributed by atoms with Gasteiger partial charge < -0.3 is 16.4 Å². The summed E-state index contributed by atoms with van der Waals surface area (Å²) in [6.45, 7) is 1.67. The first-order valence-corrected chi connectivity index (χ1v) is 9.54. The van der Waals surface area contributed by atoms with E-state index in [9.17, 15) is 14.4 Å². The highest BCUT2D eigenvalue weighted by molar-refractivity contribution is 5.91. The largest absolute Gasteiger partial charge is 0.369 e. The van der Waals surface area contributed by atoms with Crippen LogP contribution in [0.2, 0.25) is 0 Å². The minimum Gasteiger partial charge on any atom is -0.369 e. The predicted molar refractivity (Wildman–Crippen MR) is 107 cm³/mol. The molecular weight excluding hydrogens is 356 g/mol. The Morgan fingerprint density at radius 3 is 2.46 bits per heavy atom. The second-order valence-corrected chi connectivity index (χ2v) is 7.18. The van der Waals surface area contributed by atoms with Crippen molar-refractivity contribution in [1.82, 2.24) is 15.5 Å². The van der Waals surface area contributed by atoms with Crippen molar-refractivity contribution in [2.45, 2.75) is 25.3 Å². The highest BCUT2D eigenvalue weighted by atomic mass is 16.2. The monoisotopic (exact) mass is 382 g/mol. The summed E-state index contributed by atoms with van der Waals surface area (Å²) in [5.74, 6) is -0.709. The first-order chi connectivity index (χ1) is 13.5. The van der Waals surface area contributed by atoms with Crippen LogP contribution < -0.4 is 16.4 Å². The van der Waals surface area contributed by atoms with Crippen molar-refractivity contribution in [3.8, 4) is 0 Å². The quantitative estimate of drug-likeness (QED) is 0.651. The van der Waals surface area contributed by atoms with Crippen LogP contribution in [0.4, 0.5) is 0 Å². The van der Waals surface area contributed by atoms with E-state index in [-0.39, 0.29) is 43.3 Å². The summed E-state index contributed by atoms with van der Waals surface area (Å²) in [5, 5.41) is 7.78. The summed E-state index contributed by atoms with van der Waals surface area (Å²) in [6, 6.07) is 13.9. The van der Waals surface area contributed by atoms with Crippen LogP contribution in [-0.2, 0) is 20.8 Å². The second-order valence-electron chi connectivity index (χ2n) is 7.18. The first-order valence-electron chi connectivity index (χ1n) is 9.54. The molecule has 28 heavy (non-hydrogen) atoms. The number of carbonyl (C=O) groups excluding carboxylic acids is 3. The van der Waals surface area contributed by atoms with Crippen molar-refractivity contribution < 1.29 is 14.4 Å². The van der Waals surface area contributed by atoms with Gasteiger partial charge in [-0.15, -0.1) is 0 Å². The number of hydrogen-bond donors (Lipinski definition) is 3. The average Bonchev–Trinajstić information content (AvgIpc) is 2.68. The third-order valence-corrected chi connectivity index (χ3v) is 5.01. The van der Waals surface area contributed by atoms with Gasteiger partial charge in [0.25, 0.3) is 0 Å². The van der Waals surface area contributed by atoms with Crippen molar-refractivity contribution in [1.29, 1.82) is 0 Å². The maximum atomic E-state index is 12.3. The Morgan fingerprint density at radius 2 is 1.71 bits per heavy atom. The number of rotatable bonds is 7. The maximum Gasteiger partial charge on any atom is 0.239 e. The summed E-state index contributed by atoms with van der Waals surface area (Å²) in [7, 11) is 0. The summed E-state index contributed by atoms with van der Waals surface area (Å²) < 4.78 is 0. The molecule has 0 atom stereocenters. The van der Waals surface area contributed by atoms with E-state index in [1.807, 2.05) is 47.4 Å². The van der Waals surface area contributed by atoms with E-state index >= 15 is 0 Å². The Labute approximate surface area is 164 Å². The highest BCUT2D eigenvalue weighted by Gasteiger charge is 2.21. The van der Waals surface area contributed by atoms with E-state index in [4.69, 9.17) is 5.73 Å². The molecule has 1 fully saturated rings. The summed E-state index contributed by atoms with van der Waals surface area (Å²) in [6.07, 6.45) is 1.77. The number of carbonyl (C=O) groups is 3. The molecule has 148 valence electrons. The van der Waals surface area contributed by atoms with E-state index in [1.54, 1.807) is 0 Å². The number of hydrogen-bond acceptors (Lipinski definition) is 4. The van der Waals surface area contributed by atoms with E-state index in [1.165, 1.54) is 0 Å². The predicted octanol–water partition coefficient (Wildman–Crippen LogP) is 0.564. The van der Waals surface area contributed by atoms with Gasteiger partial charge in [-0.2, -0.15) is 0 Å². The number of primary amides is 1. The molecule has 0 bridgehead atoms. The lowest BCUT2D eigenvalue weighted by molar-refractivity contribution is -0.126. The lowest BCUT2D eigenvalue weighted by atomic mass is 10.0.